The number of thioether (sulfide) groups is 1. The van der Waals surface area contributed by atoms with Gasteiger partial charge in [0.25, 0.3) is 0 Å². The first-order chi connectivity index (χ1) is 8.91. The van der Waals surface area contributed by atoms with E-state index in [9.17, 15) is 4.79 Å². The molecule has 0 fully saturated rings. The van der Waals surface area contributed by atoms with E-state index in [1.165, 1.54) is 11.8 Å². The molecule has 0 bridgehead atoms. The van der Waals surface area contributed by atoms with E-state index in [1.807, 2.05) is 50.1 Å². The number of Topliss-reactive ketones (excluding diaryl/α,β-unsaturated/α-hetero) is 1. The van der Waals surface area contributed by atoms with Crippen molar-refractivity contribution in [3.8, 4) is 0 Å². The number of hydrogen-bond donors (Lipinski definition) is 0. The van der Waals surface area contributed by atoms with Crippen LogP contribution in [-0.2, 0) is 14.1 Å². The Hall–Kier alpha value is -1.56. The molecule has 19 heavy (non-hydrogen) atoms. The summed E-state index contributed by atoms with van der Waals surface area (Å²) in [6, 6.07) is 1.94. The van der Waals surface area contributed by atoms with Gasteiger partial charge in [-0.15, -0.1) is 10.2 Å². The summed E-state index contributed by atoms with van der Waals surface area (Å²) in [5, 5.41) is 8.80. The monoisotopic (exact) mass is 278 g/mol. The highest BCUT2D eigenvalue weighted by molar-refractivity contribution is 7.99. The van der Waals surface area contributed by atoms with Gasteiger partial charge < -0.3 is 9.13 Å². The number of ketones is 1. The predicted octanol–water partition coefficient (Wildman–Crippen LogP) is 2.05. The van der Waals surface area contributed by atoms with Crippen LogP contribution in [0.3, 0.4) is 0 Å². The van der Waals surface area contributed by atoms with Crippen molar-refractivity contribution < 1.29 is 4.79 Å². The van der Waals surface area contributed by atoms with E-state index >= 15 is 0 Å². The van der Waals surface area contributed by atoms with E-state index in [0.29, 0.717) is 5.75 Å². The van der Waals surface area contributed by atoms with Crippen LogP contribution in [0.25, 0.3) is 0 Å². The minimum atomic E-state index is 0.131. The Bertz CT molecular complexity index is 627. The number of carbonyl (C=O) groups excluding carboxylic acids is 1. The van der Waals surface area contributed by atoms with Crippen LogP contribution in [-0.4, -0.2) is 30.9 Å². The SMILES string of the molecule is Cc1cc(C(=O)CSc2nnc(C)n2C)c(C)n1C. The zero-order valence-corrected chi connectivity index (χ0v) is 12.7. The molecule has 2 aromatic rings. The molecule has 0 atom stereocenters. The van der Waals surface area contributed by atoms with Gasteiger partial charge in [-0.05, 0) is 26.8 Å². The molecular formula is C13H18N4OS. The minimum Gasteiger partial charge on any atom is -0.351 e. The van der Waals surface area contributed by atoms with Crippen LogP contribution >= 0.6 is 11.8 Å². The molecule has 0 saturated carbocycles. The summed E-state index contributed by atoms with van der Waals surface area (Å²) in [6.45, 7) is 5.86. The second kappa shape index (κ2) is 5.21. The van der Waals surface area contributed by atoms with Crippen LogP contribution in [0.1, 0.15) is 27.6 Å². The third-order valence-electron chi connectivity index (χ3n) is 3.46. The Labute approximate surface area is 117 Å². The molecule has 0 saturated heterocycles. The third kappa shape index (κ3) is 2.58. The fourth-order valence-corrected chi connectivity index (χ4v) is 2.70. The Kier molecular flexibility index (Phi) is 3.80. The second-order valence-corrected chi connectivity index (χ2v) is 5.59. The normalized spacial score (nSPS) is 11.0. The molecule has 5 nitrogen and oxygen atoms in total. The van der Waals surface area contributed by atoms with Gasteiger partial charge in [0.15, 0.2) is 10.9 Å². The van der Waals surface area contributed by atoms with E-state index in [-0.39, 0.29) is 5.78 Å². The first-order valence-corrected chi connectivity index (χ1v) is 7.05. The molecule has 0 aliphatic carbocycles. The predicted molar refractivity (Wildman–Crippen MR) is 75.7 cm³/mol. The molecule has 0 aliphatic heterocycles. The highest BCUT2D eigenvalue weighted by Gasteiger charge is 2.15. The molecule has 102 valence electrons. The smallest absolute Gasteiger partial charge is 0.191 e. The van der Waals surface area contributed by atoms with E-state index in [1.54, 1.807) is 0 Å². The van der Waals surface area contributed by atoms with Crippen LogP contribution in [0.5, 0.6) is 0 Å². The van der Waals surface area contributed by atoms with Gasteiger partial charge in [-0.1, -0.05) is 11.8 Å². The van der Waals surface area contributed by atoms with Gasteiger partial charge in [0, 0.05) is 31.0 Å². The zero-order chi connectivity index (χ0) is 14.2. The van der Waals surface area contributed by atoms with Gasteiger partial charge in [0.05, 0.1) is 5.75 Å². The van der Waals surface area contributed by atoms with Crippen LogP contribution in [0.15, 0.2) is 11.2 Å². The van der Waals surface area contributed by atoms with E-state index in [2.05, 4.69) is 10.2 Å². The lowest BCUT2D eigenvalue weighted by Gasteiger charge is -2.02. The Morgan fingerprint density at radius 2 is 1.89 bits per heavy atom. The maximum atomic E-state index is 12.2. The van der Waals surface area contributed by atoms with Crippen molar-refractivity contribution >= 4 is 17.5 Å². The summed E-state index contributed by atoms with van der Waals surface area (Å²) in [7, 11) is 3.88. The number of rotatable bonds is 4. The van der Waals surface area contributed by atoms with E-state index < -0.39 is 0 Å². The highest BCUT2D eigenvalue weighted by Crippen LogP contribution is 2.20. The molecular weight excluding hydrogens is 260 g/mol. The second-order valence-electron chi connectivity index (χ2n) is 4.64. The van der Waals surface area contributed by atoms with E-state index in [4.69, 9.17) is 0 Å². The fraction of sp³-hybridized carbons (Fsp3) is 0.462. The van der Waals surface area contributed by atoms with Gasteiger partial charge in [0.1, 0.15) is 5.82 Å². The lowest BCUT2D eigenvalue weighted by atomic mass is 10.2. The van der Waals surface area contributed by atoms with Crippen molar-refractivity contribution in [2.75, 3.05) is 5.75 Å². The maximum absolute atomic E-state index is 12.2. The summed E-state index contributed by atoms with van der Waals surface area (Å²) in [4.78, 5) is 12.2. The highest BCUT2D eigenvalue weighted by atomic mass is 32.2. The molecule has 2 heterocycles. The maximum Gasteiger partial charge on any atom is 0.191 e. The summed E-state index contributed by atoms with van der Waals surface area (Å²) < 4.78 is 3.92. The van der Waals surface area contributed by atoms with Crippen LogP contribution in [0.2, 0.25) is 0 Å². The minimum absolute atomic E-state index is 0.131. The molecule has 0 aliphatic rings. The van der Waals surface area contributed by atoms with Gasteiger partial charge in [-0.3, -0.25) is 4.79 Å². The average molecular weight is 278 g/mol. The van der Waals surface area contributed by atoms with Gasteiger partial charge in [0.2, 0.25) is 0 Å². The molecule has 0 amide bonds. The van der Waals surface area contributed by atoms with E-state index in [0.717, 1.165) is 27.9 Å². The third-order valence-corrected chi connectivity index (χ3v) is 4.48. The molecule has 0 spiro atoms. The van der Waals surface area contributed by atoms with Crippen LogP contribution in [0, 0.1) is 20.8 Å². The van der Waals surface area contributed by atoms with Crippen molar-refractivity contribution in [3.05, 3.63) is 28.8 Å². The van der Waals surface area contributed by atoms with Crippen molar-refractivity contribution in [2.24, 2.45) is 14.1 Å². The fourth-order valence-electron chi connectivity index (χ4n) is 1.86. The molecule has 2 aromatic heterocycles. The largest absolute Gasteiger partial charge is 0.351 e. The molecule has 2 rings (SSSR count). The lowest BCUT2D eigenvalue weighted by Crippen LogP contribution is -2.05. The molecule has 0 aromatic carbocycles. The van der Waals surface area contributed by atoms with Gasteiger partial charge >= 0.3 is 0 Å². The molecule has 0 radical (unpaired) electrons. The standard InChI is InChI=1S/C13H18N4OS/c1-8-6-11(9(2)16(8)4)12(18)7-19-13-15-14-10(3)17(13)5/h6H,7H2,1-5H3. The van der Waals surface area contributed by atoms with Crippen LogP contribution < -0.4 is 0 Å². The summed E-state index contributed by atoms with van der Waals surface area (Å²) in [5.74, 6) is 1.37. The molecule has 0 unspecified atom stereocenters. The number of aromatic nitrogens is 4. The molecule has 0 N–H and O–H groups in total. The number of nitrogens with zero attached hydrogens (tertiary/aromatic N) is 4. The first-order valence-electron chi connectivity index (χ1n) is 6.06. The zero-order valence-electron chi connectivity index (χ0n) is 11.9. The van der Waals surface area contributed by atoms with Gasteiger partial charge in [-0.2, -0.15) is 0 Å². The topological polar surface area (TPSA) is 52.7 Å². The summed E-state index contributed by atoms with van der Waals surface area (Å²) in [5.41, 5.74) is 2.91. The number of aryl methyl sites for hydroxylation is 2. The van der Waals surface area contributed by atoms with Crippen LogP contribution in [0.4, 0.5) is 0 Å². The van der Waals surface area contributed by atoms with Crippen molar-refractivity contribution in [1.82, 2.24) is 19.3 Å². The van der Waals surface area contributed by atoms with Crippen molar-refractivity contribution in [1.29, 1.82) is 0 Å². The van der Waals surface area contributed by atoms with Crippen molar-refractivity contribution in [2.45, 2.75) is 25.9 Å². The Morgan fingerprint density at radius 3 is 2.37 bits per heavy atom. The number of hydrogen-bond acceptors (Lipinski definition) is 4. The quantitative estimate of drug-likeness (QED) is 0.634. The first kappa shape index (κ1) is 13.9. The van der Waals surface area contributed by atoms with Crippen molar-refractivity contribution in [3.63, 3.8) is 0 Å². The summed E-state index contributed by atoms with van der Waals surface area (Å²) >= 11 is 1.43. The average Bonchev–Trinajstić information content (AvgIpc) is 2.83. The Balaban J connectivity index is 2.10. The summed E-state index contributed by atoms with van der Waals surface area (Å²) in [6.07, 6.45) is 0. The Morgan fingerprint density at radius 1 is 1.21 bits per heavy atom. The molecule has 6 heteroatoms. The van der Waals surface area contributed by atoms with Gasteiger partial charge in [-0.25, -0.2) is 0 Å². The lowest BCUT2D eigenvalue weighted by molar-refractivity contribution is 0.102. The number of carbonyl (C=O) groups is 1.